The van der Waals surface area contributed by atoms with E-state index in [-0.39, 0.29) is 0 Å². The Morgan fingerprint density at radius 1 is 0.750 bits per heavy atom. The third kappa shape index (κ3) is 1.74. The number of aryl methyl sites for hydroxylation is 2. The molecule has 0 fully saturated rings. The predicted octanol–water partition coefficient (Wildman–Crippen LogP) is 4.50. The van der Waals surface area contributed by atoms with Gasteiger partial charge in [0.15, 0.2) is 0 Å². The average Bonchev–Trinajstić information content (AvgIpc) is 2.77. The molecule has 0 saturated heterocycles. The van der Waals surface area contributed by atoms with Crippen molar-refractivity contribution in [1.82, 2.24) is 0 Å². The lowest BCUT2D eigenvalue weighted by molar-refractivity contribution is 0.912. The highest BCUT2D eigenvalue weighted by Gasteiger charge is 2.11. The summed E-state index contributed by atoms with van der Waals surface area (Å²) in [5.41, 5.74) is 5.60. The summed E-state index contributed by atoms with van der Waals surface area (Å²) in [6, 6.07) is 14.9. The van der Waals surface area contributed by atoms with Gasteiger partial charge in [-0.15, -0.1) is 0 Å². The van der Waals surface area contributed by atoms with Crippen LogP contribution >= 0.6 is 11.6 Å². The third-order valence-electron chi connectivity index (χ3n) is 3.28. The van der Waals surface area contributed by atoms with Crippen LogP contribution in [0.3, 0.4) is 0 Å². The molecular weight excluding hydrogens is 216 g/mol. The maximum absolute atomic E-state index is 5.89. The van der Waals surface area contributed by atoms with Gasteiger partial charge in [0.1, 0.15) is 0 Å². The standard InChI is InChI=1S/C15H13Cl/c16-15-8-6-12(7-9-15)14-5-4-11-2-1-3-13(11)10-14/h4-10H,1-3H2. The molecule has 0 unspecified atom stereocenters. The van der Waals surface area contributed by atoms with Gasteiger partial charge in [-0.25, -0.2) is 0 Å². The van der Waals surface area contributed by atoms with E-state index in [2.05, 4.69) is 30.3 Å². The molecule has 16 heavy (non-hydrogen) atoms. The van der Waals surface area contributed by atoms with E-state index in [0.717, 1.165) is 5.02 Å². The lowest BCUT2D eigenvalue weighted by Crippen LogP contribution is -1.84. The monoisotopic (exact) mass is 228 g/mol. The normalized spacial score (nSPS) is 13.8. The molecule has 1 aliphatic rings. The second kappa shape index (κ2) is 3.95. The number of benzene rings is 2. The van der Waals surface area contributed by atoms with Crippen LogP contribution in [0.5, 0.6) is 0 Å². The van der Waals surface area contributed by atoms with Crippen LogP contribution in [0.15, 0.2) is 42.5 Å². The molecule has 0 heterocycles. The molecule has 0 nitrogen and oxygen atoms in total. The van der Waals surface area contributed by atoms with Crippen LogP contribution < -0.4 is 0 Å². The fourth-order valence-electron chi connectivity index (χ4n) is 2.39. The molecule has 0 atom stereocenters. The quantitative estimate of drug-likeness (QED) is 0.675. The van der Waals surface area contributed by atoms with Crippen LogP contribution in [0.1, 0.15) is 17.5 Å². The van der Waals surface area contributed by atoms with Crippen molar-refractivity contribution >= 4 is 11.6 Å². The van der Waals surface area contributed by atoms with Crippen molar-refractivity contribution < 1.29 is 0 Å². The summed E-state index contributed by atoms with van der Waals surface area (Å²) in [5.74, 6) is 0. The van der Waals surface area contributed by atoms with Crippen LogP contribution in [0, 0.1) is 0 Å². The van der Waals surface area contributed by atoms with E-state index in [9.17, 15) is 0 Å². The molecular formula is C15H13Cl. The Morgan fingerprint density at radius 3 is 2.25 bits per heavy atom. The highest BCUT2D eigenvalue weighted by molar-refractivity contribution is 6.30. The fourth-order valence-corrected chi connectivity index (χ4v) is 2.52. The Balaban J connectivity index is 2.03. The Bertz CT molecular complexity index is 511. The van der Waals surface area contributed by atoms with Gasteiger partial charge in [-0.3, -0.25) is 0 Å². The molecule has 0 N–H and O–H groups in total. The van der Waals surface area contributed by atoms with Crippen LogP contribution in [0.2, 0.25) is 5.02 Å². The maximum atomic E-state index is 5.89. The van der Waals surface area contributed by atoms with Crippen molar-refractivity contribution in [2.45, 2.75) is 19.3 Å². The van der Waals surface area contributed by atoms with E-state index in [1.807, 2.05) is 12.1 Å². The van der Waals surface area contributed by atoms with Gasteiger partial charge >= 0.3 is 0 Å². The SMILES string of the molecule is Clc1ccc(-c2ccc3c(c2)CCC3)cc1. The lowest BCUT2D eigenvalue weighted by Gasteiger charge is -2.05. The number of hydrogen-bond donors (Lipinski definition) is 0. The van der Waals surface area contributed by atoms with Gasteiger partial charge in [-0.2, -0.15) is 0 Å². The highest BCUT2D eigenvalue weighted by atomic mass is 35.5. The lowest BCUT2D eigenvalue weighted by atomic mass is 10.0. The third-order valence-corrected chi connectivity index (χ3v) is 3.53. The van der Waals surface area contributed by atoms with Crippen LogP contribution in [-0.4, -0.2) is 0 Å². The molecule has 80 valence electrons. The smallest absolute Gasteiger partial charge is 0.0406 e. The minimum Gasteiger partial charge on any atom is -0.0843 e. The summed E-state index contributed by atoms with van der Waals surface area (Å²) in [6.45, 7) is 0. The first-order chi connectivity index (χ1) is 7.83. The second-order valence-corrected chi connectivity index (χ2v) is 4.78. The van der Waals surface area contributed by atoms with Crippen molar-refractivity contribution in [3.63, 3.8) is 0 Å². The molecule has 0 spiro atoms. The van der Waals surface area contributed by atoms with E-state index < -0.39 is 0 Å². The first kappa shape index (κ1) is 9.92. The summed E-state index contributed by atoms with van der Waals surface area (Å²) in [7, 11) is 0. The van der Waals surface area contributed by atoms with E-state index >= 15 is 0 Å². The highest BCUT2D eigenvalue weighted by Crippen LogP contribution is 2.28. The summed E-state index contributed by atoms with van der Waals surface area (Å²) in [4.78, 5) is 0. The Hall–Kier alpha value is -1.27. The molecule has 1 heteroatoms. The van der Waals surface area contributed by atoms with Crippen LogP contribution in [0.4, 0.5) is 0 Å². The first-order valence-electron chi connectivity index (χ1n) is 5.71. The Morgan fingerprint density at radius 2 is 1.44 bits per heavy atom. The zero-order valence-electron chi connectivity index (χ0n) is 9.04. The number of rotatable bonds is 1. The topological polar surface area (TPSA) is 0 Å². The van der Waals surface area contributed by atoms with E-state index in [1.165, 1.54) is 41.5 Å². The number of hydrogen-bond acceptors (Lipinski definition) is 0. The summed E-state index contributed by atoms with van der Waals surface area (Å²) in [6.07, 6.45) is 3.78. The molecule has 2 aromatic carbocycles. The molecule has 0 radical (unpaired) electrons. The van der Waals surface area contributed by atoms with Gasteiger partial charge in [-0.05, 0) is 53.6 Å². The van der Waals surface area contributed by atoms with Gasteiger partial charge in [-0.1, -0.05) is 41.9 Å². The van der Waals surface area contributed by atoms with E-state index in [4.69, 9.17) is 11.6 Å². The van der Waals surface area contributed by atoms with Crippen molar-refractivity contribution in [3.05, 3.63) is 58.6 Å². The largest absolute Gasteiger partial charge is 0.0843 e. The van der Waals surface area contributed by atoms with Crippen LogP contribution in [0.25, 0.3) is 11.1 Å². The van der Waals surface area contributed by atoms with Crippen molar-refractivity contribution in [2.75, 3.05) is 0 Å². The molecule has 1 aliphatic carbocycles. The Labute approximate surface area is 101 Å². The summed E-state index contributed by atoms with van der Waals surface area (Å²) in [5, 5.41) is 0.796. The molecule has 0 saturated carbocycles. The average molecular weight is 229 g/mol. The van der Waals surface area contributed by atoms with Gasteiger partial charge < -0.3 is 0 Å². The molecule has 3 rings (SSSR count). The summed E-state index contributed by atoms with van der Waals surface area (Å²) < 4.78 is 0. The predicted molar refractivity (Wildman–Crippen MR) is 68.9 cm³/mol. The Kier molecular flexibility index (Phi) is 2.45. The maximum Gasteiger partial charge on any atom is 0.0406 e. The number of halogens is 1. The minimum absolute atomic E-state index is 0.796. The number of fused-ring (bicyclic) bond motifs is 1. The molecule has 0 aromatic heterocycles. The van der Waals surface area contributed by atoms with Gasteiger partial charge in [0, 0.05) is 5.02 Å². The van der Waals surface area contributed by atoms with Gasteiger partial charge in [0.25, 0.3) is 0 Å². The molecule has 0 amide bonds. The molecule has 0 bridgehead atoms. The minimum atomic E-state index is 0.796. The van der Waals surface area contributed by atoms with Crippen molar-refractivity contribution in [3.8, 4) is 11.1 Å². The van der Waals surface area contributed by atoms with Gasteiger partial charge in [0.2, 0.25) is 0 Å². The molecule has 2 aromatic rings. The first-order valence-corrected chi connectivity index (χ1v) is 6.08. The zero-order valence-corrected chi connectivity index (χ0v) is 9.80. The van der Waals surface area contributed by atoms with E-state index in [1.54, 1.807) is 0 Å². The van der Waals surface area contributed by atoms with Crippen molar-refractivity contribution in [2.24, 2.45) is 0 Å². The van der Waals surface area contributed by atoms with Gasteiger partial charge in [0.05, 0.1) is 0 Å². The van der Waals surface area contributed by atoms with Crippen molar-refractivity contribution in [1.29, 1.82) is 0 Å². The van der Waals surface area contributed by atoms with Crippen LogP contribution in [-0.2, 0) is 12.8 Å². The zero-order chi connectivity index (χ0) is 11.0. The summed E-state index contributed by atoms with van der Waals surface area (Å²) >= 11 is 5.89. The fraction of sp³-hybridized carbons (Fsp3) is 0.200. The van der Waals surface area contributed by atoms with E-state index in [0.29, 0.717) is 0 Å². The molecule has 0 aliphatic heterocycles. The second-order valence-electron chi connectivity index (χ2n) is 4.34.